The molecule has 3 heterocycles. The van der Waals surface area contributed by atoms with Gasteiger partial charge in [-0.2, -0.15) is 0 Å². The van der Waals surface area contributed by atoms with Gasteiger partial charge in [0.15, 0.2) is 5.16 Å². The van der Waals surface area contributed by atoms with E-state index in [4.69, 9.17) is 14.5 Å². The second kappa shape index (κ2) is 9.64. The van der Waals surface area contributed by atoms with Crippen LogP contribution in [0, 0.1) is 0 Å². The summed E-state index contributed by atoms with van der Waals surface area (Å²) < 4.78 is 10.7. The molecular formula is C27H28N4O3S. The highest BCUT2D eigenvalue weighted by atomic mass is 32.2. The molecule has 0 aliphatic carbocycles. The van der Waals surface area contributed by atoms with Crippen molar-refractivity contribution in [2.75, 3.05) is 45.9 Å². The minimum Gasteiger partial charge on any atom is -0.497 e. The molecule has 3 aromatic rings. The van der Waals surface area contributed by atoms with Gasteiger partial charge in [-0.3, -0.25) is 9.69 Å². The van der Waals surface area contributed by atoms with E-state index in [0.717, 1.165) is 52.6 Å². The number of H-pyrrole nitrogens is 1. The van der Waals surface area contributed by atoms with Gasteiger partial charge in [0.25, 0.3) is 5.56 Å². The van der Waals surface area contributed by atoms with Crippen molar-refractivity contribution in [2.24, 2.45) is 0 Å². The third-order valence-electron chi connectivity index (χ3n) is 6.44. The zero-order valence-electron chi connectivity index (χ0n) is 20.2. The standard InChI is InChI=1S/C27H28N4O3S/c1-31-14-18(13-16-5-9-19(33-2)10-6-16)24-21(15-31)22(17-7-11-20(34-3)12-8-17)23-25(28-24)29-27(35-4)30-26(23)32/h5-13,22H,14-15H2,1-4H3,(H2,28,29,30,32)/b18-13+. The summed E-state index contributed by atoms with van der Waals surface area (Å²) in [6.07, 6.45) is 4.10. The second-order valence-corrected chi connectivity index (χ2v) is 9.48. The predicted molar refractivity (Wildman–Crippen MR) is 141 cm³/mol. The Bertz CT molecular complexity index is 1360. The molecule has 0 radical (unpaired) electrons. The fourth-order valence-corrected chi connectivity index (χ4v) is 5.17. The quantitative estimate of drug-likeness (QED) is 0.408. The van der Waals surface area contributed by atoms with Crippen molar-refractivity contribution < 1.29 is 9.47 Å². The van der Waals surface area contributed by atoms with Gasteiger partial charge in [0.2, 0.25) is 0 Å². The Morgan fingerprint density at radius 1 is 1.03 bits per heavy atom. The number of aromatic amines is 1. The monoisotopic (exact) mass is 488 g/mol. The van der Waals surface area contributed by atoms with E-state index in [1.54, 1.807) is 14.2 Å². The number of rotatable bonds is 5. The van der Waals surface area contributed by atoms with E-state index in [-0.39, 0.29) is 11.5 Å². The topological polar surface area (TPSA) is 79.5 Å². The molecule has 0 bridgehead atoms. The van der Waals surface area contributed by atoms with E-state index < -0.39 is 0 Å². The normalized spacial score (nSPS) is 18.6. The lowest BCUT2D eigenvalue weighted by Gasteiger charge is -2.38. The molecule has 1 atom stereocenters. The van der Waals surface area contributed by atoms with Gasteiger partial charge in [-0.25, -0.2) is 4.98 Å². The highest BCUT2D eigenvalue weighted by Crippen LogP contribution is 2.43. The molecule has 7 nitrogen and oxygen atoms in total. The van der Waals surface area contributed by atoms with Crippen LogP contribution in [0.1, 0.15) is 22.6 Å². The molecule has 1 aromatic heterocycles. The molecule has 0 amide bonds. The first-order chi connectivity index (χ1) is 17.0. The van der Waals surface area contributed by atoms with E-state index in [2.05, 4.69) is 28.3 Å². The summed E-state index contributed by atoms with van der Waals surface area (Å²) in [6, 6.07) is 16.0. The van der Waals surface area contributed by atoms with E-state index in [1.807, 2.05) is 54.8 Å². The number of ether oxygens (including phenoxy) is 2. The number of methoxy groups -OCH3 is 2. The first-order valence-corrected chi connectivity index (χ1v) is 12.6. The van der Waals surface area contributed by atoms with Crippen LogP contribution >= 0.6 is 11.8 Å². The third kappa shape index (κ3) is 4.47. The molecule has 2 aromatic carbocycles. The van der Waals surface area contributed by atoms with Gasteiger partial charge in [-0.15, -0.1) is 0 Å². The molecule has 2 aliphatic heterocycles. The average molecular weight is 489 g/mol. The maximum atomic E-state index is 13.3. The first kappa shape index (κ1) is 23.3. The zero-order chi connectivity index (χ0) is 24.5. The summed E-state index contributed by atoms with van der Waals surface area (Å²) in [5, 5.41) is 4.13. The molecule has 35 heavy (non-hydrogen) atoms. The van der Waals surface area contributed by atoms with Crippen LogP contribution in [0.25, 0.3) is 6.08 Å². The molecule has 2 N–H and O–H groups in total. The molecule has 2 aliphatic rings. The highest BCUT2D eigenvalue weighted by molar-refractivity contribution is 7.98. The lowest BCUT2D eigenvalue weighted by atomic mass is 9.79. The van der Waals surface area contributed by atoms with E-state index in [9.17, 15) is 4.79 Å². The van der Waals surface area contributed by atoms with Crippen molar-refractivity contribution in [1.82, 2.24) is 14.9 Å². The fourth-order valence-electron chi connectivity index (χ4n) is 4.80. The van der Waals surface area contributed by atoms with Gasteiger partial charge in [-0.05, 0) is 65.9 Å². The van der Waals surface area contributed by atoms with Gasteiger partial charge in [-0.1, -0.05) is 36.0 Å². The number of nitrogens with zero attached hydrogens (tertiary/aromatic N) is 2. The smallest absolute Gasteiger partial charge is 0.257 e. The van der Waals surface area contributed by atoms with Crippen molar-refractivity contribution in [3.05, 3.63) is 92.4 Å². The summed E-state index contributed by atoms with van der Waals surface area (Å²) in [6.45, 7) is 1.52. The zero-order valence-corrected chi connectivity index (χ0v) is 21.0. The molecule has 180 valence electrons. The van der Waals surface area contributed by atoms with Crippen LogP contribution in [0.15, 0.2) is 75.3 Å². The summed E-state index contributed by atoms with van der Waals surface area (Å²) in [5.41, 5.74) is 5.98. The SMILES string of the molecule is COc1ccc(/C=C2\CN(C)CC3=C2Nc2nc(SC)[nH]c(=O)c2C3c2ccc(OC)cc2)cc1. The average Bonchev–Trinajstić information content (AvgIpc) is 2.88. The Morgan fingerprint density at radius 2 is 1.69 bits per heavy atom. The highest BCUT2D eigenvalue weighted by Gasteiger charge is 2.36. The number of fused-ring (bicyclic) bond motifs is 1. The van der Waals surface area contributed by atoms with Crippen LogP contribution in [0.5, 0.6) is 11.5 Å². The number of aromatic nitrogens is 2. The number of likely N-dealkylation sites (N-methyl/N-ethyl adjacent to an activating group) is 1. The van der Waals surface area contributed by atoms with Gasteiger partial charge < -0.3 is 19.8 Å². The largest absolute Gasteiger partial charge is 0.497 e. The van der Waals surface area contributed by atoms with Crippen LogP contribution < -0.4 is 20.3 Å². The van der Waals surface area contributed by atoms with E-state index in [1.165, 1.54) is 11.8 Å². The molecule has 0 saturated heterocycles. The number of benzene rings is 2. The van der Waals surface area contributed by atoms with Crippen molar-refractivity contribution in [3.8, 4) is 11.5 Å². The Labute approximate surface area is 208 Å². The van der Waals surface area contributed by atoms with Crippen molar-refractivity contribution in [2.45, 2.75) is 11.1 Å². The van der Waals surface area contributed by atoms with E-state index >= 15 is 0 Å². The van der Waals surface area contributed by atoms with Crippen LogP contribution in [0.2, 0.25) is 0 Å². The number of hydrogen-bond donors (Lipinski definition) is 2. The maximum Gasteiger partial charge on any atom is 0.257 e. The Morgan fingerprint density at radius 3 is 2.31 bits per heavy atom. The van der Waals surface area contributed by atoms with Gasteiger partial charge >= 0.3 is 0 Å². The van der Waals surface area contributed by atoms with Gasteiger partial charge in [0, 0.05) is 24.7 Å². The molecule has 0 spiro atoms. The first-order valence-electron chi connectivity index (χ1n) is 11.4. The van der Waals surface area contributed by atoms with Crippen LogP contribution in [-0.4, -0.2) is 55.5 Å². The van der Waals surface area contributed by atoms with Crippen molar-refractivity contribution >= 4 is 23.7 Å². The molecule has 5 rings (SSSR count). The van der Waals surface area contributed by atoms with Crippen molar-refractivity contribution in [1.29, 1.82) is 0 Å². The molecule has 0 fully saturated rings. The third-order valence-corrected chi connectivity index (χ3v) is 7.02. The van der Waals surface area contributed by atoms with Crippen molar-refractivity contribution in [3.63, 3.8) is 0 Å². The molecule has 0 saturated carbocycles. The Kier molecular flexibility index (Phi) is 6.40. The second-order valence-electron chi connectivity index (χ2n) is 8.68. The number of nitrogens with one attached hydrogen (secondary N) is 2. The van der Waals surface area contributed by atoms with Crippen LogP contribution in [-0.2, 0) is 0 Å². The minimum atomic E-state index is -0.221. The van der Waals surface area contributed by atoms with Crippen LogP contribution in [0.3, 0.4) is 0 Å². The molecule has 8 heteroatoms. The summed E-state index contributed by atoms with van der Waals surface area (Å²) >= 11 is 1.42. The maximum absolute atomic E-state index is 13.3. The summed E-state index contributed by atoms with van der Waals surface area (Å²) in [7, 11) is 5.42. The Hall–Kier alpha value is -3.49. The number of anilines is 1. The Balaban J connectivity index is 1.69. The van der Waals surface area contributed by atoms with E-state index in [0.29, 0.717) is 16.5 Å². The predicted octanol–water partition coefficient (Wildman–Crippen LogP) is 4.35. The van der Waals surface area contributed by atoms with Gasteiger partial charge in [0.05, 0.1) is 19.8 Å². The van der Waals surface area contributed by atoms with Gasteiger partial charge in [0.1, 0.15) is 17.3 Å². The lowest BCUT2D eigenvalue weighted by molar-refractivity contribution is 0.374. The number of thioether (sulfide) groups is 1. The van der Waals surface area contributed by atoms with Crippen LogP contribution in [0.4, 0.5) is 5.82 Å². The molecule has 1 unspecified atom stereocenters. The minimum absolute atomic E-state index is 0.117. The number of hydrogen-bond acceptors (Lipinski definition) is 7. The fraction of sp³-hybridized carbons (Fsp3) is 0.259. The lowest BCUT2D eigenvalue weighted by Crippen LogP contribution is -2.38. The summed E-state index contributed by atoms with van der Waals surface area (Å²) in [4.78, 5) is 23.3. The molecular weight excluding hydrogens is 460 g/mol. The summed E-state index contributed by atoms with van der Waals surface area (Å²) in [5.74, 6) is 2.00.